The van der Waals surface area contributed by atoms with Crippen LogP contribution in [0.25, 0.3) is 10.9 Å². The molecule has 0 amide bonds. The fourth-order valence-corrected chi connectivity index (χ4v) is 6.01. The highest BCUT2D eigenvalue weighted by Gasteiger charge is 2.28. The van der Waals surface area contributed by atoms with Gasteiger partial charge in [-0.3, -0.25) is 0 Å². The molecular formula is C24H29FN4O3S. The molecule has 33 heavy (non-hydrogen) atoms. The van der Waals surface area contributed by atoms with E-state index in [1.807, 2.05) is 19.1 Å². The minimum atomic E-state index is -2.98. The molecule has 1 aliphatic heterocycles. The average Bonchev–Trinajstić information content (AvgIpc) is 2.75. The Hall–Kier alpha value is -2.94. The summed E-state index contributed by atoms with van der Waals surface area (Å²) in [6.45, 7) is 5.35. The lowest BCUT2D eigenvalue weighted by atomic mass is 9.91. The van der Waals surface area contributed by atoms with Crippen LogP contribution in [0.2, 0.25) is 0 Å². The number of aryl methyl sites for hydroxylation is 2. The molecule has 7 nitrogen and oxygen atoms in total. The fourth-order valence-electron chi connectivity index (χ4n) is 4.52. The standard InChI is InChI=1S/C24H29FN4O3S/c1-13-9-17(26)10-18(23(13)25)14(2)27-24-20-11-19(16-5-7-33(30,31)8-6-16)22(32-4)12-21(20)28-15(3)29-24/h9-12,14,16H,5-8,26H2,1-4H3,(H,27,28,29)/t14-/m0/s1. The van der Waals surface area contributed by atoms with Gasteiger partial charge in [-0.15, -0.1) is 0 Å². The van der Waals surface area contributed by atoms with Crippen LogP contribution < -0.4 is 15.8 Å². The monoisotopic (exact) mass is 472 g/mol. The van der Waals surface area contributed by atoms with Crippen LogP contribution in [0, 0.1) is 19.7 Å². The van der Waals surface area contributed by atoms with E-state index in [0.29, 0.717) is 52.6 Å². The second-order valence-corrected chi connectivity index (χ2v) is 11.1. The molecule has 2 heterocycles. The molecule has 0 radical (unpaired) electrons. The summed E-state index contributed by atoms with van der Waals surface area (Å²) in [6, 6.07) is 6.69. The molecule has 1 atom stereocenters. The van der Waals surface area contributed by atoms with E-state index in [-0.39, 0.29) is 23.2 Å². The van der Waals surface area contributed by atoms with E-state index in [1.165, 1.54) is 0 Å². The Labute approximate surface area is 193 Å². The third kappa shape index (κ3) is 4.73. The molecule has 0 aliphatic carbocycles. The lowest BCUT2D eigenvalue weighted by molar-refractivity contribution is 0.403. The average molecular weight is 473 g/mol. The normalized spacial score (nSPS) is 17.1. The molecule has 1 fully saturated rings. The Morgan fingerprint density at radius 1 is 1.15 bits per heavy atom. The van der Waals surface area contributed by atoms with Crippen molar-refractivity contribution in [1.82, 2.24) is 9.97 Å². The quantitative estimate of drug-likeness (QED) is 0.529. The minimum absolute atomic E-state index is 0.0634. The molecule has 1 aromatic heterocycles. The number of rotatable bonds is 5. The van der Waals surface area contributed by atoms with Crippen molar-refractivity contribution >= 4 is 32.2 Å². The maximum absolute atomic E-state index is 14.8. The van der Waals surface area contributed by atoms with Gasteiger partial charge in [0, 0.05) is 22.7 Å². The van der Waals surface area contributed by atoms with Gasteiger partial charge in [-0.1, -0.05) is 0 Å². The molecule has 1 aliphatic rings. The Morgan fingerprint density at radius 3 is 2.52 bits per heavy atom. The molecule has 0 saturated carbocycles. The van der Waals surface area contributed by atoms with Crippen molar-refractivity contribution < 1.29 is 17.5 Å². The number of nitrogens with two attached hydrogens (primary N) is 1. The van der Waals surface area contributed by atoms with Crippen molar-refractivity contribution in [2.45, 2.75) is 45.6 Å². The number of anilines is 2. The van der Waals surface area contributed by atoms with Crippen molar-refractivity contribution in [3.05, 3.63) is 52.6 Å². The number of sulfone groups is 1. The van der Waals surface area contributed by atoms with Gasteiger partial charge in [-0.25, -0.2) is 22.8 Å². The maximum Gasteiger partial charge on any atom is 0.150 e. The molecule has 9 heteroatoms. The van der Waals surface area contributed by atoms with E-state index >= 15 is 0 Å². The number of hydrogen-bond acceptors (Lipinski definition) is 7. The van der Waals surface area contributed by atoms with Gasteiger partial charge in [-0.05, 0) is 68.9 Å². The van der Waals surface area contributed by atoms with E-state index in [2.05, 4.69) is 15.3 Å². The second kappa shape index (κ2) is 8.78. The van der Waals surface area contributed by atoms with E-state index in [4.69, 9.17) is 10.5 Å². The predicted octanol–water partition coefficient (Wildman–Crippen LogP) is 4.44. The maximum atomic E-state index is 14.8. The third-order valence-electron chi connectivity index (χ3n) is 6.28. The summed E-state index contributed by atoms with van der Waals surface area (Å²) in [5.74, 6) is 1.93. The summed E-state index contributed by atoms with van der Waals surface area (Å²) < 4.78 is 44.3. The van der Waals surface area contributed by atoms with Crippen LogP contribution in [0.15, 0.2) is 24.3 Å². The van der Waals surface area contributed by atoms with Gasteiger partial charge in [0.1, 0.15) is 33.0 Å². The summed E-state index contributed by atoms with van der Waals surface area (Å²) in [5, 5.41) is 4.11. The van der Waals surface area contributed by atoms with Crippen LogP contribution in [-0.4, -0.2) is 37.0 Å². The van der Waals surface area contributed by atoms with Gasteiger partial charge < -0.3 is 15.8 Å². The number of fused-ring (bicyclic) bond motifs is 1. The second-order valence-electron chi connectivity index (χ2n) is 8.76. The first-order valence-electron chi connectivity index (χ1n) is 11.0. The zero-order chi connectivity index (χ0) is 23.9. The summed E-state index contributed by atoms with van der Waals surface area (Å²) in [4.78, 5) is 9.15. The van der Waals surface area contributed by atoms with Gasteiger partial charge in [0.2, 0.25) is 0 Å². The topological polar surface area (TPSA) is 107 Å². The molecule has 176 valence electrons. The summed E-state index contributed by atoms with van der Waals surface area (Å²) in [5.41, 5.74) is 9.04. The van der Waals surface area contributed by atoms with Crippen LogP contribution >= 0.6 is 0 Å². The number of benzene rings is 2. The SMILES string of the molecule is COc1cc2nc(C)nc(N[C@@H](C)c3cc(N)cc(C)c3F)c2cc1C1CCS(=O)(=O)CC1. The number of nitrogens with one attached hydrogen (secondary N) is 1. The number of methoxy groups -OCH3 is 1. The van der Waals surface area contributed by atoms with Gasteiger partial charge in [0.05, 0.1) is 30.2 Å². The molecule has 2 aromatic carbocycles. The zero-order valence-electron chi connectivity index (χ0n) is 19.3. The Kier molecular flexibility index (Phi) is 6.18. The lowest BCUT2D eigenvalue weighted by Gasteiger charge is -2.25. The highest BCUT2D eigenvalue weighted by molar-refractivity contribution is 7.91. The number of ether oxygens (including phenoxy) is 1. The molecule has 0 bridgehead atoms. The van der Waals surface area contributed by atoms with Crippen LogP contribution in [0.5, 0.6) is 5.75 Å². The highest BCUT2D eigenvalue weighted by Crippen LogP contribution is 2.39. The summed E-state index contributed by atoms with van der Waals surface area (Å²) in [6.07, 6.45) is 1.09. The number of nitrogens with zero attached hydrogens (tertiary/aromatic N) is 2. The van der Waals surface area contributed by atoms with Crippen LogP contribution in [0.1, 0.15) is 54.2 Å². The van der Waals surface area contributed by atoms with Crippen molar-refractivity contribution in [2.75, 3.05) is 29.7 Å². The summed E-state index contributed by atoms with van der Waals surface area (Å²) >= 11 is 0. The van der Waals surface area contributed by atoms with Gasteiger partial charge in [0.25, 0.3) is 0 Å². The number of halogens is 1. The Morgan fingerprint density at radius 2 is 1.85 bits per heavy atom. The number of aromatic nitrogens is 2. The fraction of sp³-hybridized carbons (Fsp3) is 0.417. The molecule has 3 N–H and O–H groups in total. The first-order valence-corrected chi connectivity index (χ1v) is 12.8. The first kappa shape index (κ1) is 23.2. The summed E-state index contributed by atoms with van der Waals surface area (Å²) in [7, 11) is -1.38. The molecule has 3 aromatic rings. The van der Waals surface area contributed by atoms with Crippen molar-refractivity contribution in [1.29, 1.82) is 0 Å². The van der Waals surface area contributed by atoms with Gasteiger partial charge in [0.15, 0.2) is 0 Å². The molecule has 0 spiro atoms. The van der Waals surface area contributed by atoms with E-state index in [0.717, 1.165) is 10.9 Å². The predicted molar refractivity (Wildman–Crippen MR) is 129 cm³/mol. The van der Waals surface area contributed by atoms with Crippen LogP contribution in [0.4, 0.5) is 15.9 Å². The third-order valence-corrected chi connectivity index (χ3v) is 7.99. The molecule has 4 rings (SSSR count). The smallest absolute Gasteiger partial charge is 0.150 e. The first-order chi connectivity index (χ1) is 15.6. The van der Waals surface area contributed by atoms with E-state index in [9.17, 15) is 12.8 Å². The Balaban J connectivity index is 1.77. The van der Waals surface area contributed by atoms with E-state index < -0.39 is 15.9 Å². The number of hydrogen-bond donors (Lipinski definition) is 2. The van der Waals surface area contributed by atoms with E-state index in [1.54, 1.807) is 33.1 Å². The molecular weight excluding hydrogens is 443 g/mol. The minimum Gasteiger partial charge on any atom is -0.496 e. The van der Waals surface area contributed by atoms with Crippen molar-refractivity contribution in [2.24, 2.45) is 0 Å². The van der Waals surface area contributed by atoms with Crippen LogP contribution in [-0.2, 0) is 9.84 Å². The Bertz CT molecular complexity index is 1310. The number of nitrogen functional groups attached to an aromatic ring is 1. The van der Waals surface area contributed by atoms with Gasteiger partial charge >= 0.3 is 0 Å². The zero-order valence-corrected chi connectivity index (χ0v) is 20.1. The van der Waals surface area contributed by atoms with Crippen molar-refractivity contribution in [3.63, 3.8) is 0 Å². The lowest BCUT2D eigenvalue weighted by Crippen LogP contribution is -2.22. The molecule has 0 unspecified atom stereocenters. The van der Waals surface area contributed by atoms with Gasteiger partial charge in [-0.2, -0.15) is 0 Å². The molecule has 1 saturated heterocycles. The van der Waals surface area contributed by atoms with Crippen molar-refractivity contribution in [3.8, 4) is 5.75 Å². The highest BCUT2D eigenvalue weighted by atomic mass is 32.2. The van der Waals surface area contributed by atoms with Crippen LogP contribution in [0.3, 0.4) is 0 Å². The largest absolute Gasteiger partial charge is 0.496 e.